The van der Waals surface area contributed by atoms with E-state index in [1.165, 1.54) is 0 Å². The van der Waals surface area contributed by atoms with Crippen molar-refractivity contribution >= 4 is 22.6 Å². The Morgan fingerprint density at radius 3 is 2.62 bits per heavy atom. The predicted molar refractivity (Wildman–Crippen MR) is 154 cm³/mol. The molecule has 8 heteroatoms. The van der Waals surface area contributed by atoms with Gasteiger partial charge in [0.2, 0.25) is 5.91 Å². The van der Waals surface area contributed by atoms with Crippen LogP contribution in [0, 0.1) is 0 Å². The summed E-state index contributed by atoms with van der Waals surface area (Å²) >= 11 is 0. The minimum Gasteiger partial charge on any atom is -0.497 e. The van der Waals surface area contributed by atoms with Gasteiger partial charge in [-0.3, -0.25) is 9.59 Å². The van der Waals surface area contributed by atoms with E-state index in [0.717, 1.165) is 53.5 Å². The van der Waals surface area contributed by atoms with Crippen LogP contribution in [0.5, 0.6) is 11.5 Å². The number of hydroxylamine groups is 1. The molecule has 0 aliphatic carbocycles. The fourth-order valence-electron chi connectivity index (χ4n) is 4.43. The van der Waals surface area contributed by atoms with E-state index in [4.69, 9.17) is 19.0 Å². The molecule has 1 saturated heterocycles. The predicted octanol–water partition coefficient (Wildman–Crippen LogP) is 5.60. The van der Waals surface area contributed by atoms with Crippen LogP contribution in [0.1, 0.15) is 50.5 Å². The van der Waals surface area contributed by atoms with Crippen molar-refractivity contribution < 1.29 is 28.6 Å². The highest BCUT2D eigenvalue weighted by atomic mass is 16.8. The first-order valence-corrected chi connectivity index (χ1v) is 13.9. The van der Waals surface area contributed by atoms with Crippen LogP contribution in [0.15, 0.2) is 78.4 Å². The van der Waals surface area contributed by atoms with Crippen LogP contribution < -0.4 is 20.3 Å². The van der Waals surface area contributed by atoms with Gasteiger partial charge in [0.1, 0.15) is 18.1 Å². The Morgan fingerprint density at radius 2 is 1.82 bits per heavy atom. The number of rotatable bonds is 14. The number of carbonyl (C=O) groups excluding carboxylic acids is 2. The summed E-state index contributed by atoms with van der Waals surface area (Å²) in [5.41, 5.74) is 4.00. The van der Waals surface area contributed by atoms with Gasteiger partial charge in [-0.2, -0.15) is 0 Å². The van der Waals surface area contributed by atoms with Crippen molar-refractivity contribution in [1.29, 1.82) is 0 Å². The van der Waals surface area contributed by atoms with E-state index in [-0.39, 0.29) is 24.7 Å². The summed E-state index contributed by atoms with van der Waals surface area (Å²) in [5, 5.41) is 5.07. The van der Waals surface area contributed by atoms with Crippen LogP contribution in [0.2, 0.25) is 0 Å². The van der Waals surface area contributed by atoms with Gasteiger partial charge in [-0.05, 0) is 61.3 Å². The van der Waals surface area contributed by atoms with Crippen molar-refractivity contribution in [2.45, 2.75) is 57.8 Å². The van der Waals surface area contributed by atoms with Crippen LogP contribution in [-0.4, -0.2) is 38.4 Å². The Balaban J connectivity index is 1.30. The first-order chi connectivity index (χ1) is 19.6. The lowest BCUT2D eigenvalue weighted by atomic mass is 10.1. The summed E-state index contributed by atoms with van der Waals surface area (Å²) in [6.07, 6.45) is 6.79. The fraction of sp³-hybridized carbons (Fsp3) is 0.375. The molecule has 2 amide bonds. The minimum absolute atomic E-state index is 0.137. The molecule has 2 N–H and O–H groups in total. The van der Waals surface area contributed by atoms with Gasteiger partial charge >= 0.3 is 0 Å². The van der Waals surface area contributed by atoms with Gasteiger partial charge < -0.3 is 19.5 Å². The van der Waals surface area contributed by atoms with Crippen molar-refractivity contribution in [2.24, 2.45) is 0 Å². The molecule has 1 atom stereocenters. The second kappa shape index (κ2) is 15.6. The highest BCUT2D eigenvalue weighted by Gasteiger charge is 2.16. The summed E-state index contributed by atoms with van der Waals surface area (Å²) in [4.78, 5) is 30.6. The highest BCUT2D eigenvalue weighted by Crippen LogP contribution is 2.25. The molecule has 8 nitrogen and oxygen atoms in total. The molecule has 1 aliphatic rings. The summed E-state index contributed by atoms with van der Waals surface area (Å²) < 4.78 is 16.8. The van der Waals surface area contributed by atoms with E-state index in [9.17, 15) is 9.59 Å². The molecule has 3 aromatic carbocycles. The minimum atomic E-state index is -0.360. The van der Waals surface area contributed by atoms with Crippen LogP contribution >= 0.6 is 0 Å². The summed E-state index contributed by atoms with van der Waals surface area (Å²) in [7, 11) is 1.62. The summed E-state index contributed by atoms with van der Waals surface area (Å²) in [6.45, 7) is 1.19. The van der Waals surface area contributed by atoms with Gasteiger partial charge in [0.25, 0.3) is 5.91 Å². The maximum Gasteiger partial charge on any atom is 0.250 e. The number of unbranched alkanes of at least 4 members (excludes halogenated alkanes) is 2. The topological polar surface area (TPSA) is 95.1 Å². The number of ether oxygens (including phenoxy) is 3. The highest BCUT2D eigenvalue weighted by molar-refractivity contribution is 5.94. The molecule has 0 saturated carbocycles. The Hall–Kier alpha value is -3.88. The molecule has 0 spiro atoms. The molecule has 1 fully saturated rings. The Labute approximate surface area is 235 Å². The number of hydrogen-bond acceptors (Lipinski definition) is 6. The van der Waals surface area contributed by atoms with E-state index >= 15 is 0 Å². The second-order valence-corrected chi connectivity index (χ2v) is 9.71. The number of nitrogens with one attached hydrogen (secondary N) is 2. The van der Waals surface area contributed by atoms with E-state index in [2.05, 4.69) is 10.8 Å². The van der Waals surface area contributed by atoms with Crippen molar-refractivity contribution in [3.63, 3.8) is 0 Å². The number of allylic oxidation sites excluding steroid dienone is 1. The fourth-order valence-corrected chi connectivity index (χ4v) is 4.43. The van der Waals surface area contributed by atoms with Crippen molar-refractivity contribution in [3.8, 4) is 11.5 Å². The SMILES string of the molecule is COc1ccc(CNC(=O)C(=CCCCCC(=O)NOC2CCCCO2)COc2cccc3ccccc23)cc1. The van der Waals surface area contributed by atoms with Crippen molar-refractivity contribution in [3.05, 3.63) is 83.9 Å². The smallest absolute Gasteiger partial charge is 0.250 e. The molecular weight excluding hydrogens is 508 g/mol. The monoisotopic (exact) mass is 546 g/mol. The van der Waals surface area contributed by atoms with Gasteiger partial charge in [-0.15, -0.1) is 0 Å². The van der Waals surface area contributed by atoms with Crippen LogP contribution in [0.4, 0.5) is 0 Å². The summed E-state index contributed by atoms with van der Waals surface area (Å²) in [5.74, 6) is 1.14. The van der Waals surface area contributed by atoms with Gasteiger partial charge in [0.05, 0.1) is 12.7 Å². The third-order valence-electron chi connectivity index (χ3n) is 6.73. The molecule has 212 valence electrons. The standard InChI is InChI=1S/C32H38N2O6/c1-37-27-19-17-24(18-20-27)22-33-32(36)26(23-39-29-14-9-12-25-10-5-6-13-28(25)29)11-3-2-4-15-30(35)34-40-31-16-7-8-21-38-31/h5-6,9-14,17-20,31H,2-4,7-8,15-16,21-23H2,1H3,(H,33,36)(H,34,35). The van der Waals surface area contributed by atoms with Crippen LogP contribution in [0.25, 0.3) is 10.8 Å². The van der Waals surface area contributed by atoms with Crippen LogP contribution in [-0.2, 0) is 25.7 Å². The maximum atomic E-state index is 13.2. The molecule has 0 radical (unpaired) electrons. The maximum absolute atomic E-state index is 13.2. The average molecular weight is 547 g/mol. The number of carbonyl (C=O) groups is 2. The van der Waals surface area contributed by atoms with E-state index in [1.807, 2.05) is 72.8 Å². The normalized spacial score (nSPS) is 15.4. The number of methoxy groups -OCH3 is 1. The molecule has 1 unspecified atom stereocenters. The van der Waals surface area contributed by atoms with Crippen LogP contribution in [0.3, 0.4) is 0 Å². The van der Waals surface area contributed by atoms with Crippen molar-refractivity contribution in [2.75, 3.05) is 20.3 Å². The van der Waals surface area contributed by atoms with Gasteiger partial charge in [-0.25, -0.2) is 10.3 Å². The largest absolute Gasteiger partial charge is 0.497 e. The molecule has 4 rings (SSSR count). The van der Waals surface area contributed by atoms with Gasteiger partial charge in [0, 0.05) is 31.4 Å². The molecule has 0 aromatic heterocycles. The molecule has 1 aliphatic heterocycles. The zero-order valence-electron chi connectivity index (χ0n) is 23.0. The molecule has 3 aromatic rings. The Morgan fingerprint density at radius 1 is 1.00 bits per heavy atom. The Kier molecular flexibility index (Phi) is 11.4. The Bertz CT molecular complexity index is 1260. The van der Waals surface area contributed by atoms with E-state index in [0.29, 0.717) is 38.0 Å². The van der Waals surface area contributed by atoms with Gasteiger partial charge in [-0.1, -0.05) is 54.6 Å². The zero-order chi connectivity index (χ0) is 28.0. The molecule has 1 heterocycles. The molecule has 40 heavy (non-hydrogen) atoms. The second-order valence-electron chi connectivity index (χ2n) is 9.71. The first-order valence-electron chi connectivity index (χ1n) is 13.9. The summed E-state index contributed by atoms with van der Waals surface area (Å²) in [6, 6.07) is 21.5. The quantitative estimate of drug-likeness (QED) is 0.155. The van der Waals surface area contributed by atoms with Gasteiger partial charge in [0.15, 0.2) is 6.29 Å². The van der Waals surface area contributed by atoms with Crippen molar-refractivity contribution in [1.82, 2.24) is 10.8 Å². The molecule has 0 bridgehead atoms. The lowest BCUT2D eigenvalue weighted by molar-refractivity contribution is -0.200. The zero-order valence-corrected chi connectivity index (χ0v) is 23.0. The number of benzene rings is 3. The lowest BCUT2D eigenvalue weighted by Gasteiger charge is -2.22. The molecular formula is C32H38N2O6. The third-order valence-corrected chi connectivity index (χ3v) is 6.73. The average Bonchev–Trinajstić information content (AvgIpc) is 3.01. The van der Waals surface area contributed by atoms with E-state index in [1.54, 1.807) is 7.11 Å². The third kappa shape index (κ3) is 9.10. The number of fused-ring (bicyclic) bond motifs is 1. The number of hydrogen-bond donors (Lipinski definition) is 2. The first kappa shape index (κ1) is 29.1. The number of amides is 2. The van der Waals surface area contributed by atoms with E-state index < -0.39 is 0 Å². The lowest BCUT2D eigenvalue weighted by Crippen LogP contribution is -2.32.